The first-order valence-electron chi connectivity index (χ1n) is 6.80. The zero-order chi connectivity index (χ0) is 13.8. The minimum atomic E-state index is -0.00830. The second-order valence-corrected chi connectivity index (χ2v) is 4.83. The number of unbranched alkanes of at least 4 members (excludes halogenated alkanes) is 1. The van der Waals surface area contributed by atoms with Crippen molar-refractivity contribution in [3.05, 3.63) is 0 Å². The first-order chi connectivity index (χ1) is 8.56. The van der Waals surface area contributed by atoms with Gasteiger partial charge in [0.15, 0.2) is 0 Å². The highest BCUT2D eigenvalue weighted by Gasteiger charge is 2.03. The summed E-state index contributed by atoms with van der Waals surface area (Å²) < 4.78 is 0. The van der Waals surface area contributed by atoms with Crippen LogP contribution in [-0.2, 0) is 9.59 Å². The molecule has 0 aromatic heterocycles. The molecule has 5 nitrogen and oxygen atoms in total. The highest BCUT2D eigenvalue weighted by Crippen LogP contribution is 1.88. The second-order valence-electron chi connectivity index (χ2n) is 4.83. The molecule has 0 rings (SSSR count). The number of amides is 2. The number of nitrogens with one attached hydrogen (secondary N) is 3. The number of carbonyl (C=O) groups excluding carboxylic acids is 2. The number of carbonyl (C=O) groups is 2. The van der Waals surface area contributed by atoms with Crippen LogP contribution in [0, 0.1) is 5.92 Å². The summed E-state index contributed by atoms with van der Waals surface area (Å²) in [6.07, 6.45) is 2.49. The molecule has 0 aliphatic rings. The summed E-state index contributed by atoms with van der Waals surface area (Å²) in [5.41, 5.74) is 0. The van der Waals surface area contributed by atoms with Crippen molar-refractivity contribution >= 4 is 11.8 Å². The Balaban J connectivity index is 3.38. The highest BCUT2D eigenvalue weighted by atomic mass is 16.2. The normalized spacial score (nSPS) is 10.4. The third-order valence-electron chi connectivity index (χ3n) is 2.37. The number of hydrogen-bond acceptors (Lipinski definition) is 3. The molecule has 5 heteroatoms. The summed E-state index contributed by atoms with van der Waals surface area (Å²) in [6.45, 7) is 8.44. The van der Waals surface area contributed by atoms with Gasteiger partial charge in [-0.1, -0.05) is 27.2 Å². The van der Waals surface area contributed by atoms with Gasteiger partial charge in [0.25, 0.3) is 0 Å². The molecular formula is C13H27N3O2. The largest absolute Gasteiger partial charge is 0.356 e. The van der Waals surface area contributed by atoms with Crippen molar-refractivity contribution in [2.75, 3.05) is 26.2 Å². The predicted molar refractivity (Wildman–Crippen MR) is 73.3 cm³/mol. The Bertz CT molecular complexity index is 242. The van der Waals surface area contributed by atoms with E-state index in [0.29, 0.717) is 25.4 Å². The summed E-state index contributed by atoms with van der Waals surface area (Å²) in [5.74, 6) is 0.486. The first-order valence-corrected chi connectivity index (χ1v) is 6.80. The first kappa shape index (κ1) is 16.9. The molecule has 0 aromatic rings. The molecule has 3 N–H and O–H groups in total. The zero-order valence-corrected chi connectivity index (χ0v) is 11.8. The average molecular weight is 257 g/mol. The molecule has 0 aliphatic heterocycles. The van der Waals surface area contributed by atoms with E-state index < -0.39 is 0 Å². The van der Waals surface area contributed by atoms with E-state index in [0.717, 1.165) is 19.4 Å². The number of hydrogen-bond donors (Lipinski definition) is 3. The Morgan fingerprint density at radius 3 is 2.39 bits per heavy atom. The minimum Gasteiger partial charge on any atom is -0.356 e. The van der Waals surface area contributed by atoms with E-state index in [1.54, 1.807) is 0 Å². The average Bonchev–Trinajstić information content (AvgIpc) is 2.32. The van der Waals surface area contributed by atoms with Crippen molar-refractivity contribution in [1.82, 2.24) is 16.0 Å². The van der Waals surface area contributed by atoms with Crippen molar-refractivity contribution in [3.8, 4) is 0 Å². The quantitative estimate of drug-likeness (QED) is 0.503. The Morgan fingerprint density at radius 1 is 1.06 bits per heavy atom. The van der Waals surface area contributed by atoms with Crippen LogP contribution in [0.3, 0.4) is 0 Å². The van der Waals surface area contributed by atoms with Crippen molar-refractivity contribution in [2.45, 2.75) is 40.0 Å². The van der Waals surface area contributed by atoms with Crippen molar-refractivity contribution in [1.29, 1.82) is 0 Å². The molecule has 0 atom stereocenters. The molecule has 0 spiro atoms. The van der Waals surface area contributed by atoms with Crippen molar-refractivity contribution in [2.24, 2.45) is 5.92 Å². The van der Waals surface area contributed by atoms with Gasteiger partial charge in [-0.3, -0.25) is 9.59 Å². The van der Waals surface area contributed by atoms with Gasteiger partial charge in [0.2, 0.25) is 11.8 Å². The predicted octanol–water partition coefficient (Wildman–Crippen LogP) is 0.655. The molecule has 18 heavy (non-hydrogen) atoms. The van der Waals surface area contributed by atoms with Crippen LogP contribution in [0.1, 0.15) is 40.0 Å². The molecule has 0 radical (unpaired) electrons. The van der Waals surface area contributed by atoms with Crippen LogP contribution < -0.4 is 16.0 Å². The SMILES string of the molecule is CCCCNC(=O)CNCCC(=O)NCC(C)C. The number of rotatable bonds is 10. The van der Waals surface area contributed by atoms with Gasteiger partial charge in [0.05, 0.1) is 6.54 Å². The van der Waals surface area contributed by atoms with Gasteiger partial charge in [0.1, 0.15) is 0 Å². The molecule has 0 bridgehead atoms. The van der Waals surface area contributed by atoms with Gasteiger partial charge >= 0.3 is 0 Å². The van der Waals surface area contributed by atoms with Gasteiger partial charge in [-0.05, 0) is 12.3 Å². The fourth-order valence-electron chi connectivity index (χ4n) is 1.28. The van der Waals surface area contributed by atoms with Gasteiger partial charge in [0, 0.05) is 26.1 Å². The van der Waals surface area contributed by atoms with Crippen molar-refractivity contribution < 1.29 is 9.59 Å². The maximum Gasteiger partial charge on any atom is 0.233 e. The van der Waals surface area contributed by atoms with Gasteiger partial charge in [-0.15, -0.1) is 0 Å². The van der Waals surface area contributed by atoms with E-state index in [-0.39, 0.29) is 18.4 Å². The summed E-state index contributed by atoms with van der Waals surface area (Å²) >= 11 is 0. The van der Waals surface area contributed by atoms with Crippen LogP contribution in [0.15, 0.2) is 0 Å². The van der Waals surface area contributed by atoms with E-state index >= 15 is 0 Å². The topological polar surface area (TPSA) is 70.2 Å². The summed E-state index contributed by atoms with van der Waals surface area (Å²) in [6, 6.07) is 0. The van der Waals surface area contributed by atoms with E-state index in [4.69, 9.17) is 0 Å². The van der Waals surface area contributed by atoms with Crippen LogP contribution in [0.25, 0.3) is 0 Å². The standard InChI is InChI=1S/C13H27N3O2/c1-4-5-7-15-13(18)10-14-8-6-12(17)16-9-11(2)3/h11,14H,4-10H2,1-3H3,(H,15,18)(H,16,17). The maximum absolute atomic E-state index is 11.4. The Hall–Kier alpha value is -1.10. The zero-order valence-electron chi connectivity index (χ0n) is 11.8. The Kier molecular flexibility index (Phi) is 10.3. The third-order valence-corrected chi connectivity index (χ3v) is 2.37. The monoisotopic (exact) mass is 257 g/mol. The molecule has 0 saturated heterocycles. The lowest BCUT2D eigenvalue weighted by Gasteiger charge is -2.08. The highest BCUT2D eigenvalue weighted by molar-refractivity contribution is 5.78. The molecule has 0 saturated carbocycles. The van der Waals surface area contributed by atoms with E-state index in [1.807, 2.05) is 0 Å². The Morgan fingerprint density at radius 2 is 1.78 bits per heavy atom. The molecule has 0 aromatic carbocycles. The van der Waals surface area contributed by atoms with Gasteiger partial charge < -0.3 is 16.0 Å². The van der Waals surface area contributed by atoms with Crippen molar-refractivity contribution in [3.63, 3.8) is 0 Å². The smallest absolute Gasteiger partial charge is 0.233 e. The van der Waals surface area contributed by atoms with Gasteiger partial charge in [-0.2, -0.15) is 0 Å². The fourth-order valence-corrected chi connectivity index (χ4v) is 1.28. The van der Waals surface area contributed by atoms with Crippen LogP contribution in [0.4, 0.5) is 0 Å². The Labute approximate surface area is 110 Å². The molecular weight excluding hydrogens is 230 g/mol. The lowest BCUT2D eigenvalue weighted by Crippen LogP contribution is -2.36. The van der Waals surface area contributed by atoms with Crippen LogP contribution >= 0.6 is 0 Å². The minimum absolute atomic E-state index is 0.00830. The van der Waals surface area contributed by atoms with Crippen LogP contribution in [0.2, 0.25) is 0 Å². The molecule has 2 amide bonds. The molecule has 0 unspecified atom stereocenters. The third kappa shape index (κ3) is 11.4. The summed E-state index contributed by atoms with van der Waals surface area (Å²) in [4.78, 5) is 22.7. The summed E-state index contributed by atoms with van der Waals surface area (Å²) in [5, 5.41) is 8.60. The molecule has 106 valence electrons. The maximum atomic E-state index is 11.4. The van der Waals surface area contributed by atoms with Crippen LogP contribution in [0.5, 0.6) is 0 Å². The lowest BCUT2D eigenvalue weighted by atomic mass is 10.2. The molecule has 0 aliphatic carbocycles. The molecule has 0 fully saturated rings. The second kappa shape index (κ2) is 11.0. The van der Waals surface area contributed by atoms with E-state index in [2.05, 4.69) is 36.7 Å². The fraction of sp³-hybridized carbons (Fsp3) is 0.846. The van der Waals surface area contributed by atoms with Crippen LogP contribution in [-0.4, -0.2) is 38.0 Å². The lowest BCUT2D eigenvalue weighted by molar-refractivity contribution is -0.122. The van der Waals surface area contributed by atoms with E-state index in [9.17, 15) is 9.59 Å². The molecule has 0 heterocycles. The van der Waals surface area contributed by atoms with Gasteiger partial charge in [-0.25, -0.2) is 0 Å². The van der Waals surface area contributed by atoms with E-state index in [1.165, 1.54) is 0 Å². The summed E-state index contributed by atoms with van der Waals surface area (Å²) in [7, 11) is 0.